The van der Waals surface area contributed by atoms with Crippen LogP contribution in [0.5, 0.6) is 5.75 Å². The summed E-state index contributed by atoms with van der Waals surface area (Å²) in [7, 11) is 1.54. The fourth-order valence-electron chi connectivity index (χ4n) is 1.85. The number of nitrogen functional groups attached to an aromatic ring is 1. The molecular weight excluding hydrogens is 339 g/mol. The Labute approximate surface area is 130 Å². The van der Waals surface area contributed by atoms with Gasteiger partial charge in [0.1, 0.15) is 11.6 Å². The number of hydrogen-bond donors (Lipinski definition) is 2. The normalized spacial score (nSPS) is 10.2. The highest BCUT2D eigenvalue weighted by molar-refractivity contribution is 9.10. The summed E-state index contributed by atoms with van der Waals surface area (Å²) in [6, 6.07) is 9.38. The van der Waals surface area contributed by atoms with Gasteiger partial charge in [0.15, 0.2) is 0 Å². The average Bonchev–Trinajstić information content (AvgIpc) is 2.47. The Hall–Kier alpha value is -2.08. The molecule has 0 aromatic heterocycles. The molecule has 0 heterocycles. The molecule has 4 nitrogen and oxygen atoms in total. The van der Waals surface area contributed by atoms with E-state index in [1.165, 1.54) is 12.1 Å². The number of ether oxygens (including phenoxy) is 1. The maximum Gasteiger partial charge on any atom is 0.251 e. The van der Waals surface area contributed by atoms with Gasteiger partial charge in [-0.1, -0.05) is 0 Å². The van der Waals surface area contributed by atoms with Gasteiger partial charge in [0.05, 0.1) is 11.6 Å². The summed E-state index contributed by atoms with van der Waals surface area (Å²) in [4.78, 5) is 12.0. The van der Waals surface area contributed by atoms with Gasteiger partial charge in [0, 0.05) is 23.4 Å². The Morgan fingerprint density at radius 1 is 1.33 bits per heavy atom. The molecule has 6 heteroatoms. The molecule has 0 atom stereocenters. The van der Waals surface area contributed by atoms with Gasteiger partial charge < -0.3 is 15.8 Å². The van der Waals surface area contributed by atoms with Crippen LogP contribution in [0.2, 0.25) is 0 Å². The Bertz CT molecular complexity index is 677. The summed E-state index contributed by atoms with van der Waals surface area (Å²) in [5.41, 5.74) is 7.29. The SMILES string of the molecule is COc1ccc(N)cc1CNC(=O)c1ccc(Br)c(F)c1. The van der Waals surface area contributed by atoms with Crippen LogP contribution in [0, 0.1) is 5.82 Å². The predicted molar refractivity (Wildman–Crippen MR) is 82.7 cm³/mol. The third-order valence-corrected chi connectivity index (χ3v) is 3.57. The van der Waals surface area contributed by atoms with E-state index in [0.29, 0.717) is 15.9 Å². The van der Waals surface area contributed by atoms with Gasteiger partial charge in [-0.2, -0.15) is 0 Å². The van der Waals surface area contributed by atoms with E-state index in [4.69, 9.17) is 10.5 Å². The molecule has 0 bridgehead atoms. The zero-order valence-electron chi connectivity index (χ0n) is 11.3. The maximum atomic E-state index is 13.4. The van der Waals surface area contributed by atoms with E-state index in [-0.39, 0.29) is 18.0 Å². The van der Waals surface area contributed by atoms with Gasteiger partial charge in [-0.3, -0.25) is 4.79 Å². The highest BCUT2D eigenvalue weighted by Gasteiger charge is 2.10. The number of methoxy groups -OCH3 is 1. The first-order valence-corrected chi connectivity index (χ1v) is 6.96. The molecule has 0 unspecified atom stereocenters. The van der Waals surface area contributed by atoms with Crippen LogP contribution < -0.4 is 15.8 Å². The van der Waals surface area contributed by atoms with E-state index in [9.17, 15) is 9.18 Å². The minimum absolute atomic E-state index is 0.241. The van der Waals surface area contributed by atoms with Gasteiger partial charge >= 0.3 is 0 Å². The van der Waals surface area contributed by atoms with E-state index in [1.807, 2.05) is 0 Å². The number of benzene rings is 2. The molecule has 2 rings (SSSR count). The first-order chi connectivity index (χ1) is 10.0. The zero-order chi connectivity index (χ0) is 15.4. The van der Waals surface area contributed by atoms with E-state index >= 15 is 0 Å². The third kappa shape index (κ3) is 3.72. The summed E-state index contributed by atoms with van der Waals surface area (Å²) >= 11 is 3.04. The number of nitrogens with two attached hydrogens (primary N) is 1. The molecule has 0 saturated carbocycles. The van der Waals surface area contributed by atoms with Crippen LogP contribution in [0.3, 0.4) is 0 Å². The number of carbonyl (C=O) groups excluding carboxylic acids is 1. The predicted octanol–water partition coefficient (Wildman–Crippen LogP) is 3.11. The number of halogens is 2. The van der Waals surface area contributed by atoms with Crippen LogP contribution in [0.1, 0.15) is 15.9 Å². The number of amides is 1. The van der Waals surface area contributed by atoms with Crippen molar-refractivity contribution in [3.8, 4) is 5.75 Å². The van der Waals surface area contributed by atoms with Crippen molar-refractivity contribution < 1.29 is 13.9 Å². The van der Waals surface area contributed by atoms with Crippen molar-refractivity contribution in [3.63, 3.8) is 0 Å². The van der Waals surface area contributed by atoms with Gasteiger partial charge in [-0.05, 0) is 52.3 Å². The second kappa shape index (κ2) is 6.58. The lowest BCUT2D eigenvalue weighted by molar-refractivity contribution is 0.0950. The summed E-state index contributed by atoms with van der Waals surface area (Å²) < 4.78 is 18.9. The van der Waals surface area contributed by atoms with Crippen LogP contribution in [-0.4, -0.2) is 13.0 Å². The molecule has 0 saturated heterocycles. The quantitative estimate of drug-likeness (QED) is 0.831. The number of carbonyl (C=O) groups is 1. The Morgan fingerprint density at radius 2 is 2.10 bits per heavy atom. The molecule has 0 aliphatic heterocycles. The van der Waals surface area contributed by atoms with Crippen molar-refractivity contribution in [1.82, 2.24) is 5.32 Å². The van der Waals surface area contributed by atoms with Crippen LogP contribution in [0.4, 0.5) is 10.1 Å². The molecule has 0 aliphatic carbocycles. The zero-order valence-corrected chi connectivity index (χ0v) is 12.9. The molecule has 21 heavy (non-hydrogen) atoms. The number of rotatable bonds is 4. The lowest BCUT2D eigenvalue weighted by Gasteiger charge is -2.11. The fraction of sp³-hybridized carbons (Fsp3) is 0.133. The maximum absolute atomic E-state index is 13.4. The molecule has 0 spiro atoms. The van der Waals surface area contributed by atoms with Crippen molar-refractivity contribution in [2.24, 2.45) is 0 Å². The standard InChI is InChI=1S/C15H14BrFN2O2/c1-21-14-5-3-11(18)6-10(14)8-19-15(20)9-2-4-12(16)13(17)7-9/h2-7H,8,18H2,1H3,(H,19,20). The topological polar surface area (TPSA) is 64.3 Å². The second-order valence-electron chi connectivity index (χ2n) is 4.38. The fourth-order valence-corrected chi connectivity index (χ4v) is 2.10. The molecular formula is C15H14BrFN2O2. The number of anilines is 1. The monoisotopic (exact) mass is 352 g/mol. The molecule has 0 aliphatic rings. The molecule has 0 radical (unpaired) electrons. The summed E-state index contributed by atoms with van der Waals surface area (Å²) in [6.07, 6.45) is 0. The number of nitrogens with one attached hydrogen (secondary N) is 1. The van der Waals surface area contributed by atoms with E-state index in [1.54, 1.807) is 31.4 Å². The van der Waals surface area contributed by atoms with E-state index < -0.39 is 5.82 Å². The van der Waals surface area contributed by atoms with Gasteiger partial charge in [0.2, 0.25) is 0 Å². The largest absolute Gasteiger partial charge is 0.496 e. The molecule has 0 fully saturated rings. The van der Waals surface area contributed by atoms with Crippen LogP contribution in [0.15, 0.2) is 40.9 Å². The lowest BCUT2D eigenvalue weighted by Crippen LogP contribution is -2.23. The van der Waals surface area contributed by atoms with Gasteiger partial charge in [-0.25, -0.2) is 4.39 Å². The third-order valence-electron chi connectivity index (χ3n) is 2.93. The molecule has 1 amide bonds. The van der Waals surface area contributed by atoms with Crippen LogP contribution in [0.25, 0.3) is 0 Å². The van der Waals surface area contributed by atoms with Crippen molar-refractivity contribution in [2.45, 2.75) is 6.54 Å². The summed E-state index contributed by atoms with van der Waals surface area (Å²) in [6.45, 7) is 0.241. The highest BCUT2D eigenvalue weighted by atomic mass is 79.9. The summed E-state index contributed by atoms with van der Waals surface area (Å²) in [5, 5.41) is 2.71. The van der Waals surface area contributed by atoms with Gasteiger partial charge in [-0.15, -0.1) is 0 Å². The first kappa shape index (κ1) is 15.3. The van der Waals surface area contributed by atoms with Crippen LogP contribution >= 0.6 is 15.9 Å². The minimum atomic E-state index is -0.482. The Kier molecular flexibility index (Phi) is 4.80. The Morgan fingerprint density at radius 3 is 2.76 bits per heavy atom. The average molecular weight is 353 g/mol. The molecule has 2 aromatic carbocycles. The lowest BCUT2D eigenvalue weighted by atomic mass is 10.1. The molecule has 110 valence electrons. The van der Waals surface area contributed by atoms with Gasteiger partial charge in [0.25, 0.3) is 5.91 Å². The van der Waals surface area contributed by atoms with Crippen molar-refractivity contribution in [2.75, 3.05) is 12.8 Å². The first-order valence-electron chi connectivity index (χ1n) is 6.17. The highest BCUT2D eigenvalue weighted by Crippen LogP contribution is 2.21. The van der Waals surface area contributed by atoms with E-state index in [0.717, 1.165) is 5.56 Å². The van der Waals surface area contributed by atoms with Crippen molar-refractivity contribution in [1.29, 1.82) is 0 Å². The summed E-state index contributed by atoms with van der Waals surface area (Å²) in [5.74, 6) is -0.221. The smallest absolute Gasteiger partial charge is 0.251 e. The second-order valence-corrected chi connectivity index (χ2v) is 5.24. The van der Waals surface area contributed by atoms with Crippen LogP contribution in [-0.2, 0) is 6.54 Å². The van der Waals surface area contributed by atoms with E-state index in [2.05, 4.69) is 21.2 Å². The van der Waals surface area contributed by atoms with Crippen molar-refractivity contribution in [3.05, 3.63) is 57.8 Å². The Balaban J connectivity index is 2.10. The van der Waals surface area contributed by atoms with Crippen molar-refractivity contribution >= 4 is 27.5 Å². The molecule has 3 N–H and O–H groups in total. The molecule has 2 aromatic rings. The number of hydrogen-bond acceptors (Lipinski definition) is 3. The minimum Gasteiger partial charge on any atom is -0.496 e.